The maximum Gasteiger partial charge on any atom is 0.307 e. The monoisotopic (exact) mass is 244 g/mol. The summed E-state index contributed by atoms with van der Waals surface area (Å²) in [6.07, 6.45) is 11.3. The summed E-state index contributed by atoms with van der Waals surface area (Å²) in [6.45, 7) is 3.32. The molecule has 2 aromatic rings. The molecule has 0 fully saturated rings. The lowest BCUT2D eigenvalue weighted by Gasteiger charge is -2.02. The van der Waals surface area contributed by atoms with Crippen molar-refractivity contribution in [2.75, 3.05) is 0 Å². The lowest BCUT2D eigenvalue weighted by Crippen LogP contribution is -2.29. The Morgan fingerprint density at radius 1 is 1.22 bits per heavy atom. The van der Waals surface area contributed by atoms with Crippen LogP contribution < -0.4 is 4.57 Å². The van der Waals surface area contributed by atoms with E-state index in [2.05, 4.69) is 46.5 Å². The molecule has 2 rings (SSSR count). The summed E-state index contributed by atoms with van der Waals surface area (Å²) >= 11 is 0. The molecular weight excluding hydrogens is 222 g/mol. The van der Waals surface area contributed by atoms with E-state index in [9.17, 15) is 0 Å². The Labute approximate surface area is 109 Å². The van der Waals surface area contributed by atoms with Crippen molar-refractivity contribution in [3.63, 3.8) is 0 Å². The highest BCUT2D eigenvalue weighted by Crippen LogP contribution is 2.13. The number of rotatable bonds is 6. The molecular formula is C15H22N3+. The Morgan fingerprint density at radius 3 is 2.83 bits per heavy atom. The van der Waals surface area contributed by atoms with Gasteiger partial charge in [0.15, 0.2) is 5.69 Å². The van der Waals surface area contributed by atoms with Gasteiger partial charge in [0.05, 0.1) is 13.6 Å². The van der Waals surface area contributed by atoms with Crippen LogP contribution in [0, 0.1) is 0 Å². The fourth-order valence-electron chi connectivity index (χ4n) is 2.24. The van der Waals surface area contributed by atoms with Gasteiger partial charge in [0.1, 0.15) is 12.4 Å². The molecule has 0 aromatic carbocycles. The Bertz CT molecular complexity index is 474. The minimum Gasteiger partial charge on any atom is -0.248 e. The molecule has 0 aliphatic heterocycles. The molecule has 0 unspecified atom stereocenters. The lowest BCUT2D eigenvalue weighted by atomic mass is 10.2. The molecule has 96 valence electrons. The van der Waals surface area contributed by atoms with E-state index < -0.39 is 0 Å². The Hall–Kier alpha value is -1.64. The molecule has 0 spiro atoms. The summed E-state index contributed by atoms with van der Waals surface area (Å²) in [4.78, 5) is 4.45. The first-order valence-electron chi connectivity index (χ1n) is 6.79. The molecule has 0 saturated carbocycles. The van der Waals surface area contributed by atoms with Crippen molar-refractivity contribution < 1.29 is 4.57 Å². The highest BCUT2D eigenvalue weighted by atomic mass is 15.1. The minimum atomic E-state index is 1.04. The third kappa shape index (κ3) is 2.97. The number of nitrogens with zero attached hydrogens (tertiary/aromatic N) is 3. The first-order valence-corrected chi connectivity index (χ1v) is 6.79. The summed E-state index contributed by atoms with van der Waals surface area (Å²) in [5.41, 5.74) is 1.04. The van der Waals surface area contributed by atoms with E-state index in [0.29, 0.717) is 0 Å². The highest BCUT2D eigenvalue weighted by molar-refractivity contribution is 5.45. The predicted octanol–water partition coefficient (Wildman–Crippen LogP) is 2.95. The first kappa shape index (κ1) is 12.8. The average molecular weight is 244 g/mol. The number of aryl methyl sites for hydroxylation is 2. The maximum absolute atomic E-state index is 4.45. The average Bonchev–Trinajstić information content (AvgIpc) is 2.77. The van der Waals surface area contributed by atoms with Crippen LogP contribution in [0.15, 0.2) is 36.8 Å². The summed E-state index contributed by atoms with van der Waals surface area (Å²) in [6, 6.07) is 6.06. The van der Waals surface area contributed by atoms with Gasteiger partial charge in [0, 0.05) is 6.20 Å². The molecule has 3 heteroatoms. The van der Waals surface area contributed by atoms with Crippen molar-refractivity contribution in [3.05, 3.63) is 36.8 Å². The molecule has 2 aromatic heterocycles. The smallest absolute Gasteiger partial charge is 0.248 e. The number of pyridine rings is 1. The van der Waals surface area contributed by atoms with Crippen molar-refractivity contribution in [2.45, 2.75) is 39.2 Å². The summed E-state index contributed by atoms with van der Waals surface area (Å²) in [5.74, 6) is 1.19. The van der Waals surface area contributed by atoms with E-state index >= 15 is 0 Å². The molecule has 3 nitrogen and oxygen atoms in total. The molecule has 0 aliphatic carbocycles. The molecule has 0 aliphatic rings. The van der Waals surface area contributed by atoms with Crippen molar-refractivity contribution in [1.82, 2.24) is 9.55 Å². The van der Waals surface area contributed by atoms with Crippen LogP contribution in [-0.4, -0.2) is 9.55 Å². The largest absolute Gasteiger partial charge is 0.307 e. The number of hydrogen-bond donors (Lipinski definition) is 0. The van der Waals surface area contributed by atoms with Gasteiger partial charge in [-0.2, -0.15) is 0 Å². The van der Waals surface area contributed by atoms with Crippen molar-refractivity contribution in [1.29, 1.82) is 0 Å². The van der Waals surface area contributed by atoms with Crippen molar-refractivity contribution in [3.8, 4) is 11.5 Å². The number of aromatic nitrogens is 3. The standard InChI is InChI=1S/C15H22N3/c1-3-4-5-8-11-18-13-12-17(2)15(18)14-9-6-7-10-16-14/h6-7,9-10,12-13H,3-5,8,11H2,1-2H3/q+1. The van der Waals surface area contributed by atoms with E-state index in [-0.39, 0.29) is 0 Å². The van der Waals surface area contributed by atoms with Crippen molar-refractivity contribution in [2.24, 2.45) is 7.05 Å². The van der Waals surface area contributed by atoms with Crippen LogP contribution in [0.25, 0.3) is 11.5 Å². The third-order valence-corrected chi connectivity index (χ3v) is 3.22. The SMILES string of the molecule is CCCCCCn1cc[n+](C)c1-c1ccccn1. The number of hydrogen-bond acceptors (Lipinski definition) is 1. The quantitative estimate of drug-likeness (QED) is 0.565. The van der Waals surface area contributed by atoms with Crippen LogP contribution in [0.3, 0.4) is 0 Å². The van der Waals surface area contributed by atoms with Crippen LogP contribution in [0.1, 0.15) is 32.6 Å². The van der Waals surface area contributed by atoms with Crippen LogP contribution in [-0.2, 0) is 13.6 Å². The number of imidazole rings is 1. The van der Waals surface area contributed by atoms with Gasteiger partial charge in [-0.25, -0.2) is 14.1 Å². The molecule has 0 radical (unpaired) electrons. The molecule has 18 heavy (non-hydrogen) atoms. The highest BCUT2D eigenvalue weighted by Gasteiger charge is 2.17. The molecule has 2 heterocycles. The van der Waals surface area contributed by atoms with Gasteiger partial charge in [0.2, 0.25) is 0 Å². The van der Waals surface area contributed by atoms with Gasteiger partial charge < -0.3 is 0 Å². The second-order valence-electron chi connectivity index (χ2n) is 4.70. The zero-order valence-corrected chi connectivity index (χ0v) is 11.3. The fraction of sp³-hybridized carbons (Fsp3) is 0.467. The van der Waals surface area contributed by atoms with Gasteiger partial charge >= 0.3 is 5.82 Å². The van der Waals surface area contributed by atoms with Crippen LogP contribution >= 0.6 is 0 Å². The Morgan fingerprint density at radius 2 is 2.11 bits per heavy atom. The van der Waals surface area contributed by atoms with Crippen molar-refractivity contribution >= 4 is 0 Å². The first-order chi connectivity index (χ1) is 8.83. The molecule has 0 amide bonds. The van der Waals surface area contributed by atoms with E-state index in [4.69, 9.17) is 0 Å². The Balaban J connectivity index is 2.12. The van der Waals surface area contributed by atoms with E-state index in [1.54, 1.807) is 0 Å². The van der Waals surface area contributed by atoms with E-state index in [1.165, 1.54) is 31.5 Å². The van der Waals surface area contributed by atoms with Gasteiger partial charge in [0.25, 0.3) is 0 Å². The Kier molecular flexibility index (Phi) is 4.51. The topological polar surface area (TPSA) is 21.7 Å². The molecule has 0 saturated heterocycles. The van der Waals surface area contributed by atoms with Crippen LogP contribution in [0.5, 0.6) is 0 Å². The van der Waals surface area contributed by atoms with Crippen LogP contribution in [0.4, 0.5) is 0 Å². The van der Waals surface area contributed by atoms with E-state index in [1.807, 2.05) is 18.3 Å². The van der Waals surface area contributed by atoms with Gasteiger partial charge in [-0.3, -0.25) is 0 Å². The second-order valence-corrected chi connectivity index (χ2v) is 4.70. The number of unbranched alkanes of at least 4 members (excludes halogenated alkanes) is 3. The van der Waals surface area contributed by atoms with Gasteiger partial charge in [-0.15, -0.1) is 0 Å². The second kappa shape index (κ2) is 6.34. The minimum absolute atomic E-state index is 1.04. The van der Waals surface area contributed by atoms with Gasteiger partial charge in [-0.05, 0) is 25.0 Å². The predicted molar refractivity (Wildman–Crippen MR) is 73.0 cm³/mol. The summed E-state index contributed by atoms with van der Waals surface area (Å²) in [5, 5.41) is 0. The van der Waals surface area contributed by atoms with Gasteiger partial charge in [-0.1, -0.05) is 25.8 Å². The normalized spacial score (nSPS) is 10.8. The zero-order chi connectivity index (χ0) is 12.8. The third-order valence-electron chi connectivity index (χ3n) is 3.22. The fourth-order valence-corrected chi connectivity index (χ4v) is 2.24. The summed E-state index contributed by atoms with van der Waals surface area (Å²) < 4.78 is 4.44. The molecule has 0 bridgehead atoms. The zero-order valence-electron chi connectivity index (χ0n) is 11.3. The summed E-state index contributed by atoms with van der Waals surface area (Å²) in [7, 11) is 2.08. The lowest BCUT2D eigenvalue weighted by molar-refractivity contribution is -0.659. The maximum atomic E-state index is 4.45. The molecule has 0 atom stereocenters. The van der Waals surface area contributed by atoms with E-state index in [0.717, 1.165) is 12.2 Å². The molecule has 0 N–H and O–H groups in total. The van der Waals surface area contributed by atoms with Crippen LogP contribution in [0.2, 0.25) is 0 Å².